The fourth-order valence-electron chi connectivity index (χ4n) is 1.96. The molecule has 0 atom stereocenters. The molecule has 2 rings (SSSR count). The number of nitrogens with one attached hydrogen (secondary N) is 1. The number of ether oxygens (including phenoxy) is 1. The summed E-state index contributed by atoms with van der Waals surface area (Å²) in [4.78, 5) is 3.98. The largest absolute Gasteiger partial charge is 0.489 e. The average molecular weight is 305 g/mol. The first-order valence-electron chi connectivity index (χ1n) is 7.16. The zero-order valence-electron chi connectivity index (χ0n) is 12.5. The van der Waals surface area contributed by atoms with Crippen LogP contribution in [-0.4, -0.2) is 11.5 Å². The van der Waals surface area contributed by atoms with Gasteiger partial charge in [-0.05, 0) is 24.6 Å². The van der Waals surface area contributed by atoms with Gasteiger partial charge in [-0.2, -0.15) is 0 Å². The van der Waals surface area contributed by atoms with Crippen LogP contribution in [0, 0.1) is 5.92 Å². The maximum Gasteiger partial charge on any atom is 0.124 e. The summed E-state index contributed by atoms with van der Waals surface area (Å²) >= 11 is 6.09. The lowest BCUT2D eigenvalue weighted by atomic mass is 10.2. The fourth-order valence-corrected chi connectivity index (χ4v) is 2.14. The van der Waals surface area contributed by atoms with Gasteiger partial charge in [0, 0.05) is 30.1 Å². The summed E-state index contributed by atoms with van der Waals surface area (Å²) < 4.78 is 5.91. The van der Waals surface area contributed by atoms with E-state index < -0.39 is 0 Å². The van der Waals surface area contributed by atoms with Crippen LogP contribution in [0.5, 0.6) is 5.75 Å². The number of pyridine rings is 1. The van der Waals surface area contributed by atoms with Gasteiger partial charge in [0.2, 0.25) is 0 Å². The van der Waals surface area contributed by atoms with Gasteiger partial charge >= 0.3 is 0 Å². The highest BCUT2D eigenvalue weighted by molar-refractivity contribution is 6.31. The molecule has 3 nitrogen and oxygen atoms in total. The molecule has 0 saturated heterocycles. The molecule has 0 fully saturated rings. The molecule has 0 unspecified atom stereocenters. The van der Waals surface area contributed by atoms with Crippen LogP contribution >= 0.6 is 11.6 Å². The molecule has 2 aromatic rings. The van der Waals surface area contributed by atoms with Crippen molar-refractivity contribution >= 4 is 11.6 Å². The fraction of sp³-hybridized carbons (Fsp3) is 0.353. The molecule has 0 amide bonds. The van der Waals surface area contributed by atoms with Crippen LogP contribution in [0.4, 0.5) is 0 Å². The Kier molecular flexibility index (Phi) is 6.03. The second-order valence-corrected chi connectivity index (χ2v) is 5.80. The van der Waals surface area contributed by atoms with Crippen molar-refractivity contribution in [3.05, 3.63) is 58.9 Å². The van der Waals surface area contributed by atoms with E-state index in [2.05, 4.69) is 30.2 Å². The third-order valence-corrected chi connectivity index (χ3v) is 3.42. The minimum absolute atomic E-state index is 0.447. The number of nitrogens with zero attached hydrogens (tertiary/aromatic N) is 1. The van der Waals surface area contributed by atoms with Gasteiger partial charge in [-0.1, -0.05) is 43.6 Å². The third kappa shape index (κ3) is 5.03. The molecule has 1 N–H and O–H groups in total. The summed E-state index contributed by atoms with van der Waals surface area (Å²) in [6, 6.07) is 9.95. The molecule has 0 spiro atoms. The van der Waals surface area contributed by atoms with Crippen LogP contribution in [0.1, 0.15) is 25.0 Å². The van der Waals surface area contributed by atoms with Gasteiger partial charge in [-0.25, -0.2) is 0 Å². The van der Waals surface area contributed by atoms with E-state index in [4.69, 9.17) is 16.3 Å². The number of hydrogen-bond donors (Lipinski definition) is 1. The number of hydrogen-bond acceptors (Lipinski definition) is 3. The Labute approximate surface area is 131 Å². The van der Waals surface area contributed by atoms with E-state index >= 15 is 0 Å². The van der Waals surface area contributed by atoms with Crippen molar-refractivity contribution in [2.75, 3.05) is 6.54 Å². The summed E-state index contributed by atoms with van der Waals surface area (Å²) in [7, 11) is 0. The Bertz CT molecular complexity index is 572. The van der Waals surface area contributed by atoms with E-state index in [0.29, 0.717) is 17.5 Å². The molecular weight excluding hydrogens is 284 g/mol. The quantitative estimate of drug-likeness (QED) is 0.837. The molecular formula is C17H21ClN2O. The van der Waals surface area contributed by atoms with Crippen molar-refractivity contribution in [1.29, 1.82) is 0 Å². The van der Waals surface area contributed by atoms with Crippen molar-refractivity contribution in [2.24, 2.45) is 5.92 Å². The molecule has 4 heteroatoms. The Morgan fingerprint density at radius 3 is 2.76 bits per heavy atom. The van der Waals surface area contributed by atoms with Crippen molar-refractivity contribution in [3.63, 3.8) is 0 Å². The van der Waals surface area contributed by atoms with Crippen molar-refractivity contribution in [2.45, 2.75) is 27.0 Å². The topological polar surface area (TPSA) is 34.1 Å². The molecule has 0 aliphatic heterocycles. The smallest absolute Gasteiger partial charge is 0.124 e. The Morgan fingerprint density at radius 1 is 1.19 bits per heavy atom. The van der Waals surface area contributed by atoms with E-state index in [0.717, 1.165) is 30.0 Å². The van der Waals surface area contributed by atoms with Gasteiger partial charge in [0.1, 0.15) is 12.4 Å². The minimum Gasteiger partial charge on any atom is -0.489 e. The summed E-state index contributed by atoms with van der Waals surface area (Å²) in [5.74, 6) is 1.52. The first kappa shape index (κ1) is 15.8. The molecule has 1 heterocycles. The predicted molar refractivity (Wildman–Crippen MR) is 86.6 cm³/mol. The summed E-state index contributed by atoms with van der Waals surface area (Å²) in [6.45, 7) is 6.63. The molecule has 0 saturated carbocycles. The standard InChI is InChI=1S/C17H21ClN2O/c1-13(2)9-20-10-14-5-3-4-6-17(14)21-12-15-7-8-19-11-16(15)18/h3-8,11,13,20H,9-10,12H2,1-2H3. The van der Waals surface area contributed by atoms with E-state index in [1.807, 2.05) is 24.3 Å². The molecule has 1 aromatic heterocycles. The second kappa shape index (κ2) is 8.01. The molecule has 0 aliphatic rings. The van der Waals surface area contributed by atoms with Gasteiger partial charge in [0.25, 0.3) is 0 Å². The SMILES string of the molecule is CC(C)CNCc1ccccc1OCc1ccncc1Cl. The molecule has 0 aliphatic carbocycles. The maximum absolute atomic E-state index is 6.09. The van der Waals surface area contributed by atoms with Crippen molar-refractivity contribution < 1.29 is 4.74 Å². The normalized spacial score (nSPS) is 10.9. The third-order valence-electron chi connectivity index (χ3n) is 3.08. The highest BCUT2D eigenvalue weighted by Gasteiger charge is 2.05. The number of rotatable bonds is 7. The monoisotopic (exact) mass is 304 g/mol. The first-order valence-corrected chi connectivity index (χ1v) is 7.54. The highest BCUT2D eigenvalue weighted by atomic mass is 35.5. The summed E-state index contributed by atoms with van der Waals surface area (Å²) in [6.07, 6.45) is 3.36. The summed E-state index contributed by atoms with van der Waals surface area (Å²) in [5.41, 5.74) is 2.10. The Hall–Kier alpha value is -1.58. The highest BCUT2D eigenvalue weighted by Crippen LogP contribution is 2.21. The summed E-state index contributed by atoms with van der Waals surface area (Å²) in [5, 5.41) is 4.07. The van der Waals surface area contributed by atoms with E-state index in [1.165, 1.54) is 0 Å². The van der Waals surface area contributed by atoms with E-state index in [-0.39, 0.29) is 0 Å². The van der Waals surface area contributed by atoms with Crippen LogP contribution in [0.15, 0.2) is 42.7 Å². The van der Waals surface area contributed by atoms with Crippen LogP contribution < -0.4 is 10.1 Å². The van der Waals surface area contributed by atoms with Crippen molar-refractivity contribution in [3.8, 4) is 5.75 Å². The Morgan fingerprint density at radius 2 is 2.00 bits per heavy atom. The van der Waals surface area contributed by atoms with Gasteiger partial charge < -0.3 is 10.1 Å². The van der Waals surface area contributed by atoms with Gasteiger partial charge in [0.05, 0.1) is 5.02 Å². The van der Waals surface area contributed by atoms with Gasteiger partial charge in [-0.3, -0.25) is 4.98 Å². The number of halogens is 1. The number of benzene rings is 1. The minimum atomic E-state index is 0.447. The lowest BCUT2D eigenvalue weighted by Crippen LogP contribution is -2.19. The number of aromatic nitrogens is 1. The molecule has 0 bridgehead atoms. The van der Waals surface area contributed by atoms with Gasteiger partial charge in [-0.15, -0.1) is 0 Å². The number of para-hydroxylation sites is 1. The average Bonchev–Trinajstić information content (AvgIpc) is 2.47. The maximum atomic E-state index is 6.09. The van der Waals surface area contributed by atoms with Gasteiger partial charge in [0.15, 0.2) is 0 Å². The first-order chi connectivity index (χ1) is 10.2. The molecule has 21 heavy (non-hydrogen) atoms. The van der Waals surface area contributed by atoms with Crippen molar-refractivity contribution in [1.82, 2.24) is 10.3 Å². The van der Waals surface area contributed by atoms with Crippen LogP contribution in [0.3, 0.4) is 0 Å². The Balaban J connectivity index is 1.98. The molecule has 112 valence electrons. The zero-order valence-corrected chi connectivity index (χ0v) is 13.2. The molecule has 0 radical (unpaired) electrons. The lowest BCUT2D eigenvalue weighted by molar-refractivity contribution is 0.302. The van der Waals surface area contributed by atoms with E-state index in [1.54, 1.807) is 12.4 Å². The molecule has 1 aromatic carbocycles. The lowest BCUT2D eigenvalue weighted by Gasteiger charge is -2.13. The van der Waals surface area contributed by atoms with Crippen LogP contribution in [0.25, 0.3) is 0 Å². The van der Waals surface area contributed by atoms with Crippen LogP contribution in [0.2, 0.25) is 5.02 Å². The van der Waals surface area contributed by atoms with E-state index in [9.17, 15) is 0 Å². The predicted octanol–water partition coefficient (Wildman–Crippen LogP) is 4.06. The second-order valence-electron chi connectivity index (χ2n) is 5.39. The zero-order chi connectivity index (χ0) is 15.1. The van der Waals surface area contributed by atoms with Crippen LogP contribution in [-0.2, 0) is 13.2 Å².